The Bertz CT molecular complexity index is 742. The Kier molecular flexibility index (Phi) is 3.61. The zero-order valence-electron chi connectivity index (χ0n) is 11.1. The lowest BCUT2D eigenvalue weighted by Gasteiger charge is -2.12. The van der Waals surface area contributed by atoms with E-state index in [1.807, 2.05) is 24.3 Å². The summed E-state index contributed by atoms with van der Waals surface area (Å²) in [5.41, 5.74) is -0.359. The average molecular weight is 306 g/mol. The number of hydrogen-bond acceptors (Lipinski definition) is 3. The van der Waals surface area contributed by atoms with Gasteiger partial charge < -0.3 is 9.84 Å². The van der Waals surface area contributed by atoms with Gasteiger partial charge in [-0.3, -0.25) is 0 Å². The first-order valence-corrected chi connectivity index (χ1v) is 7.11. The fourth-order valence-electron chi connectivity index (χ4n) is 2.22. The predicted molar refractivity (Wildman–Crippen MR) is 78.8 cm³/mol. The van der Waals surface area contributed by atoms with Crippen LogP contribution in [0.3, 0.4) is 0 Å². The molecular formula is C16H12F2O2S. The summed E-state index contributed by atoms with van der Waals surface area (Å²) in [4.78, 5) is 0.499. The number of thiophene rings is 1. The van der Waals surface area contributed by atoms with Gasteiger partial charge in [0.15, 0.2) is 0 Å². The molecule has 5 heteroatoms. The second-order valence-corrected chi connectivity index (χ2v) is 5.71. The molecule has 0 amide bonds. The first-order valence-electron chi connectivity index (χ1n) is 6.29. The summed E-state index contributed by atoms with van der Waals surface area (Å²) in [6.07, 6.45) is -1.34. The molecule has 0 saturated carbocycles. The van der Waals surface area contributed by atoms with Crippen molar-refractivity contribution in [1.29, 1.82) is 0 Å². The standard InChI is InChI=1S/C16H12F2O2S/c1-20-10-7-11(17)15(12(18)8-10)16(19)14-6-9-4-2-3-5-13(9)21-14/h2-8,16,19H,1H3. The highest BCUT2D eigenvalue weighted by molar-refractivity contribution is 7.19. The van der Waals surface area contributed by atoms with E-state index in [9.17, 15) is 13.9 Å². The van der Waals surface area contributed by atoms with E-state index in [0.29, 0.717) is 4.88 Å². The summed E-state index contributed by atoms with van der Waals surface area (Å²) in [5.74, 6) is -1.56. The highest BCUT2D eigenvalue weighted by Crippen LogP contribution is 2.36. The van der Waals surface area contributed by atoms with Gasteiger partial charge in [-0.05, 0) is 17.5 Å². The van der Waals surface area contributed by atoms with Gasteiger partial charge >= 0.3 is 0 Å². The van der Waals surface area contributed by atoms with Gasteiger partial charge in [-0.25, -0.2) is 8.78 Å². The third-order valence-corrected chi connectivity index (χ3v) is 4.44. The highest BCUT2D eigenvalue weighted by Gasteiger charge is 2.22. The van der Waals surface area contributed by atoms with Gasteiger partial charge in [-0.15, -0.1) is 11.3 Å². The van der Waals surface area contributed by atoms with E-state index in [2.05, 4.69) is 0 Å². The number of aliphatic hydroxyl groups is 1. The van der Waals surface area contributed by atoms with E-state index in [1.165, 1.54) is 18.4 Å². The van der Waals surface area contributed by atoms with Crippen LogP contribution in [0.5, 0.6) is 5.75 Å². The van der Waals surface area contributed by atoms with Crippen LogP contribution in [0.4, 0.5) is 8.78 Å². The van der Waals surface area contributed by atoms with E-state index in [-0.39, 0.29) is 11.3 Å². The van der Waals surface area contributed by atoms with Gasteiger partial charge in [-0.1, -0.05) is 18.2 Å². The van der Waals surface area contributed by atoms with Crippen LogP contribution in [0.2, 0.25) is 0 Å². The van der Waals surface area contributed by atoms with Crippen LogP contribution >= 0.6 is 11.3 Å². The van der Waals surface area contributed by atoms with Crippen LogP contribution in [-0.2, 0) is 0 Å². The summed E-state index contributed by atoms with van der Waals surface area (Å²) in [7, 11) is 1.33. The number of benzene rings is 2. The zero-order valence-corrected chi connectivity index (χ0v) is 12.0. The zero-order chi connectivity index (χ0) is 15.0. The summed E-state index contributed by atoms with van der Waals surface area (Å²) in [6.45, 7) is 0. The maximum absolute atomic E-state index is 14.0. The number of aliphatic hydroxyl groups excluding tert-OH is 1. The van der Waals surface area contributed by atoms with Crippen LogP contribution in [-0.4, -0.2) is 12.2 Å². The minimum absolute atomic E-state index is 0.0808. The van der Waals surface area contributed by atoms with E-state index in [0.717, 1.165) is 22.2 Å². The predicted octanol–water partition coefficient (Wildman–Crippen LogP) is 4.27. The van der Waals surface area contributed by atoms with Crippen molar-refractivity contribution in [2.75, 3.05) is 7.11 Å². The van der Waals surface area contributed by atoms with Crippen LogP contribution in [0, 0.1) is 11.6 Å². The number of halogens is 2. The quantitative estimate of drug-likeness (QED) is 0.783. The molecule has 0 aliphatic carbocycles. The SMILES string of the molecule is COc1cc(F)c(C(O)c2cc3ccccc3s2)c(F)c1. The van der Waals surface area contributed by atoms with Crippen molar-refractivity contribution in [3.63, 3.8) is 0 Å². The lowest BCUT2D eigenvalue weighted by molar-refractivity contribution is 0.212. The fourth-order valence-corrected chi connectivity index (χ4v) is 3.28. The largest absolute Gasteiger partial charge is 0.497 e. The van der Waals surface area contributed by atoms with Gasteiger partial charge in [0.2, 0.25) is 0 Å². The van der Waals surface area contributed by atoms with Gasteiger partial charge in [-0.2, -0.15) is 0 Å². The molecule has 0 spiro atoms. The van der Waals surface area contributed by atoms with E-state index >= 15 is 0 Å². The molecule has 0 bridgehead atoms. The Morgan fingerprint density at radius 1 is 1.10 bits per heavy atom. The topological polar surface area (TPSA) is 29.5 Å². The number of hydrogen-bond donors (Lipinski definition) is 1. The highest BCUT2D eigenvalue weighted by atomic mass is 32.1. The third-order valence-electron chi connectivity index (χ3n) is 3.28. The normalized spacial score (nSPS) is 12.6. The molecule has 1 N–H and O–H groups in total. The summed E-state index contributed by atoms with van der Waals surface area (Å²) in [6, 6.07) is 11.4. The van der Waals surface area contributed by atoms with Crippen molar-refractivity contribution in [3.8, 4) is 5.75 Å². The molecular weight excluding hydrogens is 294 g/mol. The number of fused-ring (bicyclic) bond motifs is 1. The second-order valence-electron chi connectivity index (χ2n) is 4.59. The number of ether oxygens (including phenoxy) is 1. The Morgan fingerprint density at radius 3 is 2.38 bits per heavy atom. The lowest BCUT2D eigenvalue weighted by Crippen LogP contribution is -2.05. The van der Waals surface area contributed by atoms with Crippen LogP contribution in [0.15, 0.2) is 42.5 Å². The van der Waals surface area contributed by atoms with Crippen molar-refractivity contribution >= 4 is 21.4 Å². The molecule has 21 heavy (non-hydrogen) atoms. The molecule has 0 saturated heterocycles. The van der Waals surface area contributed by atoms with Gasteiger partial charge in [0.1, 0.15) is 23.5 Å². The van der Waals surface area contributed by atoms with E-state index in [4.69, 9.17) is 4.74 Å². The Balaban J connectivity index is 2.07. The molecule has 0 aliphatic heterocycles. The molecule has 2 nitrogen and oxygen atoms in total. The van der Waals surface area contributed by atoms with Crippen LogP contribution < -0.4 is 4.74 Å². The first kappa shape index (κ1) is 14.0. The minimum atomic E-state index is -1.34. The molecule has 1 atom stereocenters. The van der Waals surface area contributed by atoms with Crippen molar-refractivity contribution in [2.45, 2.75) is 6.10 Å². The Labute approximate surface area is 124 Å². The summed E-state index contributed by atoms with van der Waals surface area (Å²) < 4.78 is 33.8. The van der Waals surface area contributed by atoms with Crippen molar-refractivity contribution < 1.29 is 18.6 Å². The molecule has 1 unspecified atom stereocenters. The first-order chi connectivity index (χ1) is 10.1. The average Bonchev–Trinajstić information content (AvgIpc) is 2.90. The van der Waals surface area contributed by atoms with Gasteiger partial charge in [0.25, 0.3) is 0 Å². The Morgan fingerprint density at radius 2 is 1.76 bits per heavy atom. The molecule has 0 aliphatic rings. The number of methoxy groups -OCH3 is 1. The minimum Gasteiger partial charge on any atom is -0.497 e. The molecule has 108 valence electrons. The van der Waals surface area contributed by atoms with Crippen molar-refractivity contribution in [2.24, 2.45) is 0 Å². The second kappa shape index (κ2) is 5.42. The van der Waals surface area contributed by atoms with Gasteiger partial charge in [0.05, 0.1) is 12.7 Å². The molecule has 3 aromatic rings. The van der Waals surface area contributed by atoms with Crippen LogP contribution in [0.1, 0.15) is 16.5 Å². The molecule has 3 rings (SSSR count). The smallest absolute Gasteiger partial charge is 0.136 e. The molecule has 0 fully saturated rings. The lowest BCUT2D eigenvalue weighted by atomic mass is 10.1. The van der Waals surface area contributed by atoms with Crippen molar-refractivity contribution in [3.05, 3.63) is 64.5 Å². The molecule has 1 aromatic heterocycles. The Hall–Kier alpha value is -1.98. The third kappa shape index (κ3) is 2.50. The number of rotatable bonds is 3. The maximum atomic E-state index is 14.0. The van der Waals surface area contributed by atoms with Crippen molar-refractivity contribution in [1.82, 2.24) is 0 Å². The monoisotopic (exact) mass is 306 g/mol. The van der Waals surface area contributed by atoms with Crippen LogP contribution in [0.25, 0.3) is 10.1 Å². The van der Waals surface area contributed by atoms with Gasteiger partial charge in [0, 0.05) is 21.7 Å². The maximum Gasteiger partial charge on any atom is 0.136 e. The summed E-state index contributed by atoms with van der Waals surface area (Å²) in [5, 5.41) is 11.2. The van der Waals surface area contributed by atoms with E-state index in [1.54, 1.807) is 6.07 Å². The summed E-state index contributed by atoms with van der Waals surface area (Å²) >= 11 is 1.31. The fraction of sp³-hybridized carbons (Fsp3) is 0.125. The molecule has 2 aromatic carbocycles. The van der Waals surface area contributed by atoms with E-state index < -0.39 is 17.7 Å². The molecule has 1 heterocycles. The molecule has 0 radical (unpaired) electrons.